The van der Waals surface area contributed by atoms with Crippen molar-refractivity contribution < 1.29 is 9.59 Å². The molecule has 0 unspecified atom stereocenters. The Balaban J connectivity index is 1.57. The Morgan fingerprint density at radius 2 is 1.79 bits per heavy atom. The molecule has 1 aliphatic heterocycles. The van der Waals surface area contributed by atoms with E-state index in [0.29, 0.717) is 12.1 Å². The predicted molar refractivity (Wildman–Crippen MR) is 139 cm³/mol. The fraction of sp³-hybridized carbons (Fsp3) is 0.571. The van der Waals surface area contributed by atoms with Crippen LogP contribution in [-0.2, 0) is 4.79 Å². The van der Waals surface area contributed by atoms with Gasteiger partial charge in [0.25, 0.3) is 5.91 Å². The van der Waals surface area contributed by atoms with E-state index in [-0.39, 0.29) is 29.8 Å². The van der Waals surface area contributed by atoms with Gasteiger partial charge in [0.05, 0.1) is 12.0 Å². The van der Waals surface area contributed by atoms with Crippen LogP contribution in [0.25, 0.3) is 0 Å². The summed E-state index contributed by atoms with van der Waals surface area (Å²) in [6, 6.07) is 11.8. The lowest BCUT2D eigenvalue weighted by atomic mass is 9.80. The molecule has 1 saturated carbocycles. The Bertz CT molecular complexity index is 933. The van der Waals surface area contributed by atoms with E-state index < -0.39 is 0 Å². The van der Waals surface area contributed by atoms with Crippen LogP contribution in [-0.4, -0.2) is 53.8 Å². The Morgan fingerprint density at radius 1 is 1.06 bits per heavy atom. The highest BCUT2D eigenvalue weighted by molar-refractivity contribution is 7.10. The van der Waals surface area contributed by atoms with Crippen molar-refractivity contribution in [2.45, 2.75) is 76.8 Å². The molecule has 6 heteroatoms. The van der Waals surface area contributed by atoms with Crippen LogP contribution in [0.15, 0.2) is 41.8 Å². The molecule has 4 rings (SSSR count). The molecule has 1 N–H and O–H groups in total. The number of hydrogen-bond donors (Lipinski definition) is 1. The number of carbonyl (C=O) groups is 2. The van der Waals surface area contributed by atoms with Crippen molar-refractivity contribution in [2.75, 3.05) is 26.2 Å². The van der Waals surface area contributed by atoms with E-state index in [4.69, 9.17) is 0 Å². The van der Waals surface area contributed by atoms with E-state index in [1.807, 2.05) is 30.3 Å². The number of benzene rings is 1. The molecule has 34 heavy (non-hydrogen) atoms. The number of thiophene rings is 1. The number of fused-ring (bicyclic) bond motifs is 1. The van der Waals surface area contributed by atoms with Gasteiger partial charge in [-0.15, -0.1) is 11.3 Å². The molecule has 2 aromatic rings. The number of carbonyl (C=O) groups excluding carboxylic acids is 2. The Labute approximate surface area is 208 Å². The highest BCUT2D eigenvalue weighted by atomic mass is 32.1. The lowest BCUT2D eigenvalue weighted by Gasteiger charge is -2.44. The van der Waals surface area contributed by atoms with Crippen molar-refractivity contribution in [2.24, 2.45) is 0 Å². The molecule has 0 spiro atoms. The van der Waals surface area contributed by atoms with Crippen LogP contribution in [0.5, 0.6) is 0 Å². The van der Waals surface area contributed by atoms with Gasteiger partial charge in [-0.1, -0.05) is 51.0 Å². The summed E-state index contributed by atoms with van der Waals surface area (Å²) in [4.78, 5) is 33.2. The van der Waals surface area contributed by atoms with Gasteiger partial charge < -0.3 is 15.1 Å². The van der Waals surface area contributed by atoms with E-state index in [1.54, 1.807) is 11.3 Å². The fourth-order valence-electron chi connectivity index (χ4n) is 5.77. The van der Waals surface area contributed by atoms with Crippen molar-refractivity contribution in [3.05, 3.63) is 57.8 Å². The topological polar surface area (TPSA) is 52.7 Å². The van der Waals surface area contributed by atoms with Crippen LogP contribution >= 0.6 is 11.3 Å². The molecule has 1 aromatic heterocycles. The third kappa shape index (κ3) is 5.38. The number of rotatable bonds is 11. The molecule has 2 atom stereocenters. The van der Waals surface area contributed by atoms with Crippen LogP contribution in [0.2, 0.25) is 0 Å². The van der Waals surface area contributed by atoms with E-state index >= 15 is 0 Å². The second-order valence-electron chi connectivity index (χ2n) is 9.66. The zero-order chi connectivity index (χ0) is 23.9. The molecule has 1 fully saturated rings. The maximum absolute atomic E-state index is 13.8. The van der Waals surface area contributed by atoms with E-state index in [1.165, 1.54) is 0 Å². The number of nitrogens with zero attached hydrogens (tertiary/aromatic N) is 2. The largest absolute Gasteiger partial charge is 0.355 e. The normalized spacial score (nSPS) is 20.7. The molecule has 2 aliphatic rings. The molecule has 0 radical (unpaired) electrons. The summed E-state index contributed by atoms with van der Waals surface area (Å²) in [7, 11) is 0. The summed E-state index contributed by atoms with van der Waals surface area (Å²) < 4.78 is 0. The first-order chi connectivity index (χ1) is 16.7. The van der Waals surface area contributed by atoms with Gasteiger partial charge >= 0.3 is 0 Å². The van der Waals surface area contributed by atoms with Gasteiger partial charge in [0, 0.05) is 23.0 Å². The molecule has 1 aromatic carbocycles. The van der Waals surface area contributed by atoms with Crippen LogP contribution < -0.4 is 5.32 Å². The maximum atomic E-state index is 13.8. The van der Waals surface area contributed by atoms with Gasteiger partial charge in [0.1, 0.15) is 0 Å². The average molecular weight is 482 g/mol. The summed E-state index contributed by atoms with van der Waals surface area (Å²) >= 11 is 1.65. The van der Waals surface area contributed by atoms with Crippen LogP contribution in [0, 0.1) is 0 Å². The molecule has 1 aliphatic carbocycles. The molecule has 2 amide bonds. The van der Waals surface area contributed by atoms with Gasteiger partial charge in [-0.2, -0.15) is 0 Å². The number of amides is 2. The zero-order valence-corrected chi connectivity index (χ0v) is 21.5. The molecule has 2 heterocycles. The minimum atomic E-state index is -0.379. The fourth-order valence-corrected chi connectivity index (χ4v) is 6.63. The third-order valence-electron chi connectivity index (χ3n) is 7.24. The van der Waals surface area contributed by atoms with Crippen molar-refractivity contribution in [1.29, 1.82) is 0 Å². The monoisotopic (exact) mass is 481 g/mol. The SMILES string of the molecule is CCCN(CCC)CCCNC(=O)[C@H]1c2ccccc2C(=O)N(C2CCCC2)[C@H]1c1cccs1. The highest BCUT2D eigenvalue weighted by Crippen LogP contribution is 2.47. The van der Waals surface area contributed by atoms with Gasteiger partial charge in [-0.05, 0) is 74.8 Å². The predicted octanol–water partition coefficient (Wildman–Crippen LogP) is 5.60. The Hall–Kier alpha value is -2.18. The summed E-state index contributed by atoms with van der Waals surface area (Å²) in [5.74, 6) is -0.255. The van der Waals surface area contributed by atoms with Gasteiger partial charge in [-0.25, -0.2) is 0 Å². The minimum Gasteiger partial charge on any atom is -0.355 e. The molecular formula is C28H39N3O2S. The smallest absolute Gasteiger partial charge is 0.254 e. The molecule has 5 nitrogen and oxygen atoms in total. The minimum absolute atomic E-state index is 0.0406. The first kappa shape index (κ1) is 24.9. The maximum Gasteiger partial charge on any atom is 0.254 e. The van der Waals surface area contributed by atoms with Crippen LogP contribution in [0.3, 0.4) is 0 Å². The summed E-state index contributed by atoms with van der Waals surface area (Å²) in [6.45, 7) is 8.31. The van der Waals surface area contributed by atoms with E-state index in [9.17, 15) is 9.59 Å². The van der Waals surface area contributed by atoms with Crippen molar-refractivity contribution in [3.63, 3.8) is 0 Å². The zero-order valence-electron chi connectivity index (χ0n) is 20.7. The van der Waals surface area contributed by atoms with E-state index in [0.717, 1.165) is 75.0 Å². The average Bonchev–Trinajstić information content (AvgIpc) is 3.56. The molecule has 0 saturated heterocycles. The van der Waals surface area contributed by atoms with Gasteiger partial charge in [-0.3, -0.25) is 9.59 Å². The molecule has 184 valence electrons. The molecule has 0 bridgehead atoms. The lowest BCUT2D eigenvalue weighted by Crippen LogP contribution is -2.50. The van der Waals surface area contributed by atoms with Crippen molar-refractivity contribution in [1.82, 2.24) is 15.1 Å². The lowest BCUT2D eigenvalue weighted by molar-refractivity contribution is -0.124. The molecular weight excluding hydrogens is 442 g/mol. The first-order valence-corrected chi connectivity index (χ1v) is 14.0. The van der Waals surface area contributed by atoms with Crippen LogP contribution in [0.4, 0.5) is 0 Å². The summed E-state index contributed by atoms with van der Waals surface area (Å²) in [5, 5.41) is 5.31. The third-order valence-corrected chi connectivity index (χ3v) is 8.18. The first-order valence-electron chi connectivity index (χ1n) is 13.1. The Morgan fingerprint density at radius 3 is 2.47 bits per heavy atom. The van der Waals surface area contributed by atoms with E-state index in [2.05, 4.69) is 40.4 Å². The van der Waals surface area contributed by atoms with Crippen molar-refractivity contribution >= 4 is 23.2 Å². The number of nitrogens with one attached hydrogen (secondary N) is 1. The second kappa shape index (κ2) is 12.0. The Kier molecular flexibility index (Phi) is 8.79. The second-order valence-corrected chi connectivity index (χ2v) is 10.6. The standard InChI is InChI=1S/C28H39N3O2S/c1-3-17-30(18-4-2)19-10-16-29-27(32)25-22-13-7-8-14-23(22)28(33)31(21-11-5-6-12-21)26(25)24-15-9-20-34-24/h7-9,13-15,20-21,25-26H,3-6,10-12,16-19H2,1-2H3,(H,29,32)/t25-,26-/m0/s1. The quantitative estimate of drug-likeness (QED) is 0.425. The number of hydrogen-bond acceptors (Lipinski definition) is 4. The van der Waals surface area contributed by atoms with Crippen LogP contribution in [0.1, 0.15) is 91.6 Å². The summed E-state index contributed by atoms with van der Waals surface area (Å²) in [6.07, 6.45) is 7.59. The summed E-state index contributed by atoms with van der Waals surface area (Å²) in [5.41, 5.74) is 1.57. The van der Waals surface area contributed by atoms with Gasteiger partial charge in [0.15, 0.2) is 0 Å². The van der Waals surface area contributed by atoms with Gasteiger partial charge in [0.2, 0.25) is 5.91 Å². The van der Waals surface area contributed by atoms with Crippen molar-refractivity contribution in [3.8, 4) is 0 Å². The highest BCUT2D eigenvalue weighted by Gasteiger charge is 2.47.